The lowest BCUT2D eigenvalue weighted by molar-refractivity contribution is -0.129. The summed E-state index contributed by atoms with van der Waals surface area (Å²) in [5, 5.41) is 12.4. The number of nitrogens with zero attached hydrogens (tertiary/aromatic N) is 1. The monoisotopic (exact) mass is 319 g/mol. The number of ketones is 1. The summed E-state index contributed by atoms with van der Waals surface area (Å²) in [5.41, 5.74) is 1.17. The van der Waals surface area contributed by atoms with E-state index in [-0.39, 0.29) is 18.2 Å². The zero-order chi connectivity index (χ0) is 15.7. The van der Waals surface area contributed by atoms with Crippen molar-refractivity contribution in [2.75, 3.05) is 13.1 Å². The van der Waals surface area contributed by atoms with Gasteiger partial charge >= 0.3 is 0 Å². The van der Waals surface area contributed by atoms with Crippen LogP contribution >= 0.6 is 11.3 Å². The van der Waals surface area contributed by atoms with Crippen LogP contribution in [0.4, 0.5) is 0 Å². The number of rotatable bonds is 3. The van der Waals surface area contributed by atoms with Gasteiger partial charge in [0, 0.05) is 23.9 Å². The molecule has 3 rings (SSSR count). The number of hydrogen-bond donors (Lipinski definition) is 1. The second-order valence-electron chi connectivity index (χ2n) is 5.49. The van der Waals surface area contributed by atoms with Crippen molar-refractivity contribution >= 4 is 23.0 Å². The number of aliphatic hydroxyl groups is 1. The minimum Gasteiger partial charge on any atom is -0.461 e. The largest absolute Gasteiger partial charge is 0.461 e. The summed E-state index contributed by atoms with van der Waals surface area (Å²) < 4.78 is 4.97. The standard InChI is InChI=1S/C16H17NO4S/c1-10-5-8-22-15(10)11-4-6-17(9-12(11)18)16(20)14(19)13-3-2-7-21-13/h2-3,5,7-8,11-12,18H,4,6,9H2,1H3/t11-,12-/m1/s1. The maximum absolute atomic E-state index is 12.2. The lowest BCUT2D eigenvalue weighted by Crippen LogP contribution is -2.48. The van der Waals surface area contributed by atoms with Gasteiger partial charge in [0.15, 0.2) is 5.76 Å². The molecule has 2 aromatic heterocycles. The predicted octanol–water partition coefficient (Wildman–Crippen LogP) is 2.21. The molecule has 1 fully saturated rings. The summed E-state index contributed by atoms with van der Waals surface area (Å²) >= 11 is 1.63. The van der Waals surface area contributed by atoms with E-state index in [4.69, 9.17) is 4.42 Å². The Bertz CT molecular complexity index is 676. The fraction of sp³-hybridized carbons (Fsp3) is 0.375. The van der Waals surface area contributed by atoms with Gasteiger partial charge in [0.1, 0.15) is 0 Å². The number of furan rings is 1. The van der Waals surface area contributed by atoms with E-state index in [2.05, 4.69) is 0 Å². The highest BCUT2D eigenvalue weighted by molar-refractivity contribution is 7.10. The van der Waals surface area contributed by atoms with Crippen LogP contribution in [0.2, 0.25) is 0 Å². The van der Waals surface area contributed by atoms with E-state index in [1.807, 2.05) is 18.4 Å². The van der Waals surface area contributed by atoms with Crippen molar-refractivity contribution in [2.24, 2.45) is 0 Å². The van der Waals surface area contributed by atoms with Crippen molar-refractivity contribution in [3.05, 3.63) is 46.0 Å². The van der Waals surface area contributed by atoms with Gasteiger partial charge in [0.25, 0.3) is 11.7 Å². The summed E-state index contributed by atoms with van der Waals surface area (Å²) in [6.07, 6.45) is 1.36. The molecule has 2 atom stereocenters. The number of Topliss-reactive ketones (excluding diaryl/α,β-unsaturated/α-hetero) is 1. The lowest BCUT2D eigenvalue weighted by Gasteiger charge is -2.35. The molecule has 116 valence electrons. The Kier molecular flexibility index (Phi) is 4.13. The van der Waals surface area contributed by atoms with Gasteiger partial charge in [-0.15, -0.1) is 11.3 Å². The number of hydrogen-bond acceptors (Lipinski definition) is 5. The third-order valence-electron chi connectivity index (χ3n) is 4.05. The highest BCUT2D eigenvalue weighted by Gasteiger charge is 2.35. The van der Waals surface area contributed by atoms with Crippen molar-refractivity contribution in [1.82, 2.24) is 4.90 Å². The minimum absolute atomic E-state index is 0.0303. The van der Waals surface area contributed by atoms with Crippen LogP contribution in [-0.2, 0) is 4.79 Å². The predicted molar refractivity (Wildman–Crippen MR) is 82.0 cm³/mol. The summed E-state index contributed by atoms with van der Waals surface area (Å²) in [5.74, 6) is -1.21. The summed E-state index contributed by atoms with van der Waals surface area (Å²) in [6.45, 7) is 2.66. The van der Waals surface area contributed by atoms with Gasteiger partial charge in [-0.3, -0.25) is 9.59 Å². The molecule has 0 aliphatic carbocycles. The van der Waals surface area contributed by atoms with Crippen LogP contribution in [0, 0.1) is 6.92 Å². The molecule has 2 aromatic rings. The molecule has 0 spiro atoms. The second kappa shape index (κ2) is 6.06. The Morgan fingerprint density at radius 3 is 2.82 bits per heavy atom. The van der Waals surface area contributed by atoms with E-state index < -0.39 is 17.8 Å². The van der Waals surface area contributed by atoms with Crippen molar-refractivity contribution in [1.29, 1.82) is 0 Å². The molecule has 3 heterocycles. The molecule has 0 radical (unpaired) electrons. The normalized spacial score (nSPS) is 21.8. The van der Waals surface area contributed by atoms with Gasteiger partial charge in [-0.2, -0.15) is 0 Å². The molecule has 22 heavy (non-hydrogen) atoms. The summed E-state index contributed by atoms with van der Waals surface area (Å²) in [7, 11) is 0. The third kappa shape index (κ3) is 2.71. The Balaban J connectivity index is 1.69. The van der Waals surface area contributed by atoms with E-state index >= 15 is 0 Å². The molecular formula is C16H17NO4S. The first-order chi connectivity index (χ1) is 10.6. The summed E-state index contributed by atoms with van der Waals surface area (Å²) in [4.78, 5) is 26.8. The lowest BCUT2D eigenvalue weighted by atomic mass is 9.90. The molecule has 0 bridgehead atoms. The van der Waals surface area contributed by atoms with Crippen LogP contribution in [0.25, 0.3) is 0 Å². The molecule has 1 aliphatic rings. The molecule has 1 saturated heterocycles. The Morgan fingerprint density at radius 1 is 1.41 bits per heavy atom. The van der Waals surface area contributed by atoms with Crippen LogP contribution < -0.4 is 0 Å². The number of thiophene rings is 1. The number of carbonyl (C=O) groups excluding carboxylic acids is 2. The smallest absolute Gasteiger partial charge is 0.298 e. The van der Waals surface area contributed by atoms with Gasteiger partial charge in [0.2, 0.25) is 0 Å². The number of amides is 1. The van der Waals surface area contributed by atoms with Gasteiger partial charge < -0.3 is 14.4 Å². The van der Waals surface area contributed by atoms with E-state index in [1.165, 1.54) is 22.8 Å². The molecule has 0 unspecified atom stereocenters. The SMILES string of the molecule is Cc1ccsc1[C@@H]1CCN(C(=O)C(=O)c2ccco2)C[C@H]1O. The molecule has 6 heteroatoms. The number of aryl methyl sites for hydroxylation is 1. The molecule has 5 nitrogen and oxygen atoms in total. The average molecular weight is 319 g/mol. The number of β-amino-alcohol motifs (C(OH)–C–C–N with tert-alkyl or cyclic N) is 1. The van der Waals surface area contributed by atoms with Crippen LogP contribution in [0.5, 0.6) is 0 Å². The molecule has 1 aliphatic heterocycles. The van der Waals surface area contributed by atoms with Crippen molar-refractivity contribution in [3.8, 4) is 0 Å². The Morgan fingerprint density at radius 2 is 2.23 bits per heavy atom. The Labute approximate surface area is 132 Å². The molecule has 0 aromatic carbocycles. The first-order valence-corrected chi connectivity index (χ1v) is 8.05. The van der Waals surface area contributed by atoms with Crippen LogP contribution in [0.1, 0.15) is 33.3 Å². The third-order valence-corrected chi connectivity index (χ3v) is 5.20. The minimum atomic E-state index is -0.664. The number of piperidine rings is 1. The average Bonchev–Trinajstić information content (AvgIpc) is 3.17. The van der Waals surface area contributed by atoms with Gasteiger partial charge in [-0.1, -0.05) is 0 Å². The zero-order valence-corrected chi connectivity index (χ0v) is 13.0. The van der Waals surface area contributed by atoms with Gasteiger partial charge in [0.05, 0.1) is 12.4 Å². The van der Waals surface area contributed by atoms with Crippen LogP contribution in [0.15, 0.2) is 34.3 Å². The van der Waals surface area contributed by atoms with E-state index in [0.717, 1.165) is 4.88 Å². The molecule has 1 amide bonds. The first-order valence-electron chi connectivity index (χ1n) is 7.17. The highest BCUT2D eigenvalue weighted by Crippen LogP contribution is 2.34. The van der Waals surface area contributed by atoms with Crippen molar-refractivity contribution < 1.29 is 19.1 Å². The highest BCUT2D eigenvalue weighted by atomic mass is 32.1. The fourth-order valence-electron chi connectivity index (χ4n) is 2.84. The topological polar surface area (TPSA) is 70.8 Å². The second-order valence-corrected chi connectivity index (χ2v) is 6.44. The molecule has 1 N–H and O–H groups in total. The maximum atomic E-state index is 12.2. The number of aliphatic hydroxyl groups excluding tert-OH is 1. The van der Waals surface area contributed by atoms with Gasteiger partial charge in [-0.05, 0) is 42.5 Å². The van der Waals surface area contributed by atoms with E-state index in [0.29, 0.717) is 13.0 Å². The van der Waals surface area contributed by atoms with Crippen LogP contribution in [0.3, 0.4) is 0 Å². The van der Waals surface area contributed by atoms with Crippen LogP contribution in [-0.4, -0.2) is 40.9 Å². The number of carbonyl (C=O) groups is 2. The fourth-order valence-corrected chi connectivity index (χ4v) is 3.97. The Hall–Kier alpha value is -1.92. The van der Waals surface area contributed by atoms with Crippen molar-refractivity contribution in [2.45, 2.75) is 25.4 Å². The quantitative estimate of drug-likeness (QED) is 0.695. The first kappa shape index (κ1) is 15.0. The summed E-state index contributed by atoms with van der Waals surface area (Å²) in [6, 6.07) is 5.07. The zero-order valence-electron chi connectivity index (χ0n) is 12.2. The molecular weight excluding hydrogens is 302 g/mol. The van der Waals surface area contributed by atoms with E-state index in [1.54, 1.807) is 17.4 Å². The number of likely N-dealkylation sites (tertiary alicyclic amines) is 1. The van der Waals surface area contributed by atoms with Gasteiger partial charge in [-0.25, -0.2) is 0 Å². The van der Waals surface area contributed by atoms with E-state index in [9.17, 15) is 14.7 Å². The van der Waals surface area contributed by atoms with Crippen molar-refractivity contribution in [3.63, 3.8) is 0 Å². The molecule has 0 saturated carbocycles. The maximum Gasteiger partial charge on any atom is 0.298 e.